The molecule has 1 N–H and O–H groups in total. The molecule has 106 valence electrons. The van der Waals surface area contributed by atoms with Gasteiger partial charge in [-0.15, -0.1) is 0 Å². The van der Waals surface area contributed by atoms with Gasteiger partial charge in [-0.1, -0.05) is 51.1 Å². The lowest BCUT2D eigenvalue weighted by Crippen LogP contribution is -2.33. The number of nitrogens with zero attached hydrogens (tertiary/aromatic N) is 1. The van der Waals surface area contributed by atoms with Gasteiger partial charge in [-0.2, -0.15) is 0 Å². The number of benzene rings is 1. The van der Waals surface area contributed by atoms with Crippen molar-refractivity contribution in [2.75, 3.05) is 13.1 Å². The number of carbonyl (C=O) groups is 1. The Balaban J connectivity index is 2.56. The SMILES string of the molecule is CC(C)(C)CN(CCCC(=O)O)Cc1ccccc1. The minimum absolute atomic E-state index is 0.220. The molecule has 0 radical (unpaired) electrons. The molecular formula is C16H25NO2. The molecule has 0 aliphatic rings. The fraction of sp³-hybridized carbons (Fsp3) is 0.562. The molecule has 0 heterocycles. The predicted molar refractivity (Wildman–Crippen MR) is 78.0 cm³/mol. The predicted octanol–water partition coefficient (Wildman–Crippen LogP) is 3.40. The van der Waals surface area contributed by atoms with E-state index in [1.54, 1.807) is 0 Å². The summed E-state index contributed by atoms with van der Waals surface area (Å²) in [6, 6.07) is 10.3. The van der Waals surface area contributed by atoms with Crippen LogP contribution in [0.4, 0.5) is 0 Å². The van der Waals surface area contributed by atoms with Crippen molar-refractivity contribution in [3.8, 4) is 0 Å². The lowest BCUT2D eigenvalue weighted by molar-refractivity contribution is -0.137. The van der Waals surface area contributed by atoms with Crippen molar-refractivity contribution in [1.29, 1.82) is 0 Å². The lowest BCUT2D eigenvalue weighted by atomic mass is 9.95. The number of carboxylic acid groups (broad SMARTS) is 1. The van der Waals surface area contributed by atoms with Crippen molar-refractivity contribution >= 4 is 5.97 Å². The molecule has 0 spiro atoms. The summed E-state index contributed by atoms with van der Waals surface area (Å²) in [6.07, 6.45) is 0.952. The Morgan fingerprint density at radius 3 is 2.37 bits per heavy atom. The summed E-state index contributed by atoms with van der Waals surface area (Å²) in [5, 5.41) is 8.73. The summed E-state index contributed by atoms with van der Waals surface area (Å²) in [7, 11) is 0. The molecule has 3 heteroatoms. The van der Waals surface area contributed by atoms with Crippen molar-refractivity contribution in [3.63, 3.8) is 0 Å². The molecule has 3 nitrogen and oxygen atoms in total. The molecule has 19 heavy (non-hydrogen) atoms. The van der Waals surface area contributed by atoms with Gasteiger partial charge in [0.25, 0.3) is 0 Å². The molecule has 0 unspecified atom stereocenters. The second-order valence-electron chi connectivity index (χ2n) is 6.25. The van der Waals surface area contributed by atoms with Crippen LogP contribution in [0.2, 0.25) is 0 Å². The fourth-order valence-electron chi connectivity index (χ4n) is 2.18. The Morgan fingerprint density at radius 2 is 1.84 bits per heavy atom. The zero-order chi connectivity index (χ0) is 14.3. The summed E-state index contributed by atoms with van der Waals surface area (Å²) in [4.78, 5) is 13.0. The van der Waals surface area contributed by atoms with Crippen LogP contribution in [0.15, 0.2) is 30.3 Å². The molecule has 0 aromatic heterocycles. The topological polar surface area (TPSA) is 40.5 Å². The van der Waals surface area contributed by atoms with E-state index in [4.69, 9.17) is 5.11 Å². The molecule has 0 bridgehead atoms. The average molecular weight is 263 g/mol. The van der Waals surface area contributed by atoms with Gasteiger partial charge in [-0.25, -0.2) is 0 Å². The highest BCUT2D eigenvalue weighted by atomic mass is 16.4. The van der Waals surface area contributed by atoms with Crippen molar-refractivity contribution in [2.45, 2.75) is 40.2 Å². The smallest absolute Gasteiger partial charge is 0.303 e. The van der Waals surface area contributed by atoms with Gasteiger partial charge in [0.15, 0.2) is 0 Å². The van der Waals surface area contributed by atoms with E-state index in [0.29, 0.717) is 6.42 Å². The first-order valence-corrected chi connectivity index (χ1v) is 6.85. The van der Waals surface area contributed by atoms with Gasteiger partial charge in [-0.3, -0.25) is 9.69 Å². The summed E-state index contributed by atoms with van der Waals surface area (Å²) < 4.78 is 0. The maximum atomic E-state index is 10.6. The number of hydrogen-bond acceptors (Lipinski definition) is 2. The third kappa shape index (κ3) is 7.62. The highest BCUT2D eigenvalue weighted by molar-refractivity contribution is 5.66. The van der Waals surface area contributed by atoms with E-state index in [1.807, 2.05) is 18.2 Å². The van der Waals surface area contributed by atoms with E-state index in [1.165, 1.54) is 5.56 Å². The maximum Gasteiger partial charge on any atom is 0.303 e. The van der Waals surface area contributed by atoms with Crippen molar-refractivity contribution in [1.82, 2.24) is 4.90 Å². The van der Waals surface area contributed by atoms with Crippen LogP contribution in [-0.2, 0) is 11.3 Å². The van der Waals surface area contributed by atoms with Crippen LogP contribution in [0.25, 0.3) is 0 Å². The van der Waals surface area contributed by atoms with Gasteiger partial charge in [0.05, 0.1) is 0 Å². The Hall–Kier alpha value is -1.35. The number of rotatable bonds is 7. The standard InChI is InChI=1S/C16H25NO2/c1-16(2,3)13-17(11-7-10-15(18)19)12-14-8-5-4-6-9-14/h4-6,8-9H,7,10-13H2,1-3H3,(H,18,19). The first-order chi connectivity index (χ1) is 8.87. The maximum absolute atomic E-state index is 10.6. The van der Waals surface area contributed by atoms with Crippen LogP contribution in [-0.4, -0.2) is 29.1 Å². The van der Waals surface area contributed by atoms with Gasteiger partial charge < -0.3 is 5.11 Å². The third-order valence-electron chi connectivity index (χ3n) is 2.81. The monoisotopic (exact) mass is 263 g/mol. The average Bonchev–Trinajstić information content (AvgIpc) is 2.27. The number of carboxylic acids is 1. The Labute approximate surface area is 116 Å². The molecule has 0 saturated heterocycles. The molecule has 0 aliphatic heterocycles. The molecule has 1 aromatic rings. The quantitative estimate of drug-likeness (QED) is 0.819. The number of aliphatic carboxylic acids is 1. The number of hydrogen-bond donors (Lipinski definition) is 1. The largest absolute Gasteiger partial charge is 0.481 e. The van der Waals surface area contributed by atoms with E-state index >= 15 is 0 Å². The van der Waals surface area contributed by atoms with E-state index in [2.05, 4.69) is 37.8 Å². The first kappa shape index (κ1) is 15.7. The van der Waals surface area contributed by atoms with Crippen LogP contribution in [0, 0.1) is 5.41 Å². The van der Waals surface area contributed by atoms with Gasteiger partial charge in [0.1, 0.15) is 0 Å². The summed E-state index contributed by atoms with van der Waals surface area (Å²) in [6.45, 7) is 9.32. The fourth-order valence-corrected chi connectivity index (χ4v) is 2.18. The second kappa shape index (κ2) is 7.29. The van der Waals surface area contributed by atoms with Crippen molar-refractivity contribution in [3.05, 3.63) is 35.9 Å². The molecule has 0 aliphatic carbocycles. The molecule has 1 aromatic carbocycles. The van der Waals surface area contributed by atoms with Gasteiger partial charge in [0, 0.05) is 19.5 Å². The van der Waals surface area contributed by atoms with Crippen LogP contribution in [0.1, 0.15) is 39.2 Å². The van der Waals surface area contributed by atoms with Crippen molar-refractivity contribution in [2.24, 2.45) is 5.41 Å². The summed E-state index contributed by atoms with van der Waals surface area (Å²) in [5.41, 5.74) is 1.50. The third-order valence-corrected chi connectivity index (χ3v) is 2.81. The van der Waals surface area contributed by atoms with E-state index in [9.17, 15) is 4.79 Å². The summed E-state index contributed by atoms with van der Waals surface area (Å²) >= 11 is 0. The zero-order valence-electron chi connectivity index (χ0n) is 12.2. The molecular weight excluding hydrogens is 238 g/mol. The normalized spacial score (nSPS) is 11.8. The molecule has 1 rings (SSSR count). The van der Waals surface area contributed by atoms with Gasteiger partial charge >= 0.3 is 5.97 Å². The van der Waals surface area contributed by atoms with Crippen LogP contribution in [0.3, 0.4) is 0 Å². The minimum Gasteiger partial charge on any atom is -0.481 e. The highest BCUT2D eigenvalue weighted by Crippen LogP contribution is 2.17. The van der Waals surface area contributed by atoms with E-state index in [0.717, 1.165) is 19.6 Å². The minimum atomic E-state index is -0.713. The Morgan fingerprint density at radius 1 is 1.21 bits per heavy atom. The van der Waals surface area contributed by atoms with Crippen LogP contribution >= 0.6 is 0 Å². The molecule has 0 saturated carbocycles. The zero-order valence-corrected chi connectivity index (χ0v) is 12.2. The Kier molecular flexibility index (Phi) is 6.03. The van der Waals surface area contributed by atoms with E-state index in [-0.39, 0.29) is 11.8 Å². The van der Waals surface area contributed by atoms with Gasteiger partial charge in [0.2, 0.25) is 0 Å². The summed E-state index contributed by atoms with van der Waals surface area (Å²) in [5.74, 6) is -0.713. The lowest BCUT2D eigenvalue weighted by Gasteiger charge is -2.30. The molecule has 0 amide bonds. The van der Waals surface area contributed by atoms with E-state index < -0.39 is 5.97 Å². The molecule has 0 fully saturated rings. The Bertz CT molecular complexity index is 381. The highest BCUT2D eigenvalue weighted by Gasteiger charge is 2.16. The van der Waals surface area contributed by atoms with Crippen molar-refractivity contribution < 1.29 is 9.90 Å². The first-order valence-electron chi connectivity index (χ1n) is 6.85. The van der Waals surface area contributed by atoms with Crippen LogP contribution in [0.5, 0.6) is 0 Å². The second-order valence-corrected chi connectivity index (χ2v) is 6.25. The molecule has 0 atom stereocenters. The van der Waals surface area contributed by atoms with Gasteiger partial charge in [-0.05, 0) is 23.9 Å². The van der Waals surface area contributed by atoms with Crippen LogP contribution < -0.4 is 0 Å².